The number of piperidine rings is 1. The van der Waals surface area contributed by atoms with Crippen LogP contribution in [0.3, 0.4) is 0 Å². The SMILES string of the molecule is O=C(O)N1CCN(Cc2cccc(OCCN3CCCCC3)c2)CC1. The Morgan fingerprint density at radius 3 is 2.48 bits per heavy atom. The minimum atomic E-state index is -0.816. The standard InChI is InChI=1S/C19H29N3O3/c23-19(24)22-11-9-21(10-12-22)16-17-5-4-6-18(15-17)25-14-13-20-7-2-1-3-8-20/h4-6,15H,1-3,7-14,16H2,(H,23,24). The zero-order chi connectivity index (χ0) is 17.5. The molecule has 2 fully saturated rings. The van der Waals surface area contributed by atoms with Crippen molar-refractivity contribution in [1.82, 2.24) is 14.7 Å². The molecule has 1 aromatic rings. The van der Waals surface area contributed by atoms with E-state index in [1.807, 2.05) is 12.1 Å². The number of carboxylic acid groups (broad SMARTS) is 1. The summed E-state index contributed by atoms with van der Waals surface area (Å²) in [4.78, 5) is 17.2. The van der Waals surface area contributed by atoms with Crippen molar-refractivity contribution in [3.63, 3.8) is 0 Å². The summed E-state index contributed by atoms with van der Waals surface area (Å²) in [5, 5.41) is 9.01. The third-order valence-corrected chi connectivity index (χ3v) is 5.07. The van der Waals surface area contributed by atoms with E-state index < -0.39 is 6.09 Å². The summed E-state index contributed by atoms with van der Waals surface area (Å²) in [5.41, 5.74) is 1.22. The van der Waals surface area contributed by atoms with Gasteiger partial charge in [0.25, 0.3) is 0 Å². The highest BCUT2D eigenvalue weighted by Gasteiger charge is 2.20. The number of hydrogen-bond donors (Lipinski definition) is 1. The number of carbonyl (C=O) groups is 1. The van der Waals surface area contributed by atoms with Gasteiger partial charge in [-0.2, -0.15) is 0 Å². The molecule has 2 saturated heterocycles. The zero-order valence-electron chi connectivity index (χ0n) is 14.9. The predicted molar refractivity (Wildman–Crippen MR) is 97.1 cm³/mol. The summed E-state index contributed by atoms with van der Waals surface area (Å²) in [6, 6.07) is 8.28. The Labute approximate surface area is 150 Å². The molecule has 2 aliphatic heterocycles. The van der Waals surface area contributed by atoms with E-state index in [-0.39, 0.29) is 0 Å². The number of amides is 1. The van der Waals surface area contributed by atoms with Crippen LogP contribution in [0.4, 0.5) is 4.79 Å². The smallest absolute Gasteiger partial charge is 0.407 e. The molecule has 138 valence electrons. The quantitative estimate of drug-likeness (QED) is 0.856. The highest BCUT2D eigenvalue weighted by Crippen LogP contribution is 2.16. The van der Waals surface area contributed by atoms with Crippen LogP contribution in [0.25, 0.3) is 0 Å². The van der Waals surface area contributed by atoms with Crippen molar-refractivity contribution >= 4 is 6.09 Å². The molecule has 0 atom stereocenters. The van der Waals surface area contributed by atoms with E-state index in [1.165, 1.54) is 42.8 Å². The van der Waals surface area contributed by atoms with E-state index >= 15 is 0 Å². The maximum atomic E-state index is 11.0. The molecule has 0 aliphatic carbocycles. The molecule has 2 aliphatic rings. The average Bonchev–Trinajstić information content (AvgIpc) is 2.63. The molecule has 25 heavy (non-hydrogen) atoms. The second kappa shape index (κ2) is 9.06. The zero-order valence-corrected chi connectivity index (χ0v) is 14.9. The summed E-state index contributed by atoms with van der Waals surface area (Å²) >= 11 is 0. The molecule has 0 saturated carbocycles. The van der Waals surface area contributed by atoms with Crippen molar-refractivity contribution in [3.05, 3.63) is 29.8 Å². The Balaban J connectivity index is 1.42. The molecule has 6 nitrogen and oxygen atoms in total. The van der Waals surface area contributed by atoms with Gasteiger partial charge in [0.2, 0.25) is 0 Å². The molecular weight excluding hydrogens is 318 g/mol. The summed E-state index contributed by atoms with van der Waals surface area (Å²) in [7, 11) is 0. The molecule has 0 spiro atoms. The molecule has 3 rings (SSSR count). The number of piperazine rings is 1. The molecule has 1 N–H and O–H groups in total. The van der Waals surface area contributed by atoms with Gasteiger partial charge < -0.3 is 14.7 Å². The molecule has 1 amide bonds. The van der Waals surface area contributed by atoms with Gasteiger partial charge in [-0.15, -0.1) is 0 Å². The second-order valence-corrected chi connectivity index (χ2v) is 6.94. The minimum Gasteiger partial charge on any atom is -0.492 e. The molecule has 0 bridgehead atoms. The maximum Gasteiger partial charge on any atom is 0.407 e. The number of rotatable bonds is 6. The number of ether oxygens (including phenoxy) is 1. The van der Waals surface area contributed by atoms with Gasteiger partial charge in [0.15, 0.2) is 0 Å². The van der Waals surface area contributed by atoms with Crippen LogP contribution in [0.2, 0.25) is 0 Å². The summed E-state index contributed by atoms with van der Waals surface area (Å²) in [6.07, 6.45) is 3.17. The van der Waals surface area contributed by atoms with E-state index in [9.17, 15) is 4.79 Å². The van der Waals surface area contributed by atoms with Crippen molar-refractivity contribution in [2.45, 2.75) is 25.8 Å². The van der Waals surface area contributed by atoms with Crippen LogP contribution >= 0.6 is 0 Å². The van der Waals surface area contributed by atoms with Crippen LogP contribution in [0, 0.1) is 0 Å². The average molecular weight is 347 g/mol. The van der Waals surface area contributed by atoms with Gasteiger partial charge in [-0.1, -0.05) is 18.6 Å². The third kappa shape index (κ3) is 5.61. The molecule has 0 aromatic heterocycles. The van der Waals surface area contributed by atoms with Gasteiger partial charge in [-0.3, -0.25) is 9.80 Å². The molecule has 6 heteroatoms. The summed E-state index contributed by atoms with van der Waals surface area (Å²) in [6.45, 7) is 7.72. The Kier molecular flexibility index (Phi) is 6.53. The monoisotopic (exact) mass is 347 g/mol. The largest absolute Gasteiger partial charge is 0.492 e. The van der Waals surface area contributed by atoms with Crippen molar-refractivity contribution in [2.75, 3.05) is 52.4 Å². The number of hydrogen-bond acceptors (Lipinski definition) is 4. The van der Waals surface area contributed by atoms with Crippen LogP contribution in [-0.4, -0.2) is 78.3 Å². The number of benzene rings is 1. The highest BCUT2D eigenvalue weighted by atomic mass is 16.5. The van der Waals surface area contributed by atoms with Crippen LogP contribution < -0.4 is 4.74 Å². The first-order valence-electron chi connectivity index (χ1n) is 9.35. The molecule has 1 aromatic carbocycles. The molecule has 0 unspecified atom stereocenters. The normalized spacial score (nSPS) is 19.8. The summed E-state index contributed by atoms with van der Waals surface area (Å²) < 4.78 is 5.94. The lowest BCUT2D eigenvalue weighted by atomic mass is 10.1. The predicted octanol–water partition coefficient (Wildman–Crippen LogP) is 2.35. The Morgan fingerprint density at radius 1 is 1.00 bits per heavy atom. The van der Waals surface area contributed by atoms with Crippen molar-refractivity contribution in [2.24, 2.45) is 0 Å². The fourth-order valence-corrected chi connectivity index (χ4v) is 3.56. The summed E-state index contributed by atoms with van der Waals surface area (Å²) in [5.74, 6) is 0.929. The van der Waals surface area contributed by atoms with Gasteiger partial charge in [0.05, 0.1) is 0 Å². The van der Waals surface area contributed by atoms with Crippen LogP contribution in [0.5, 0.6) is 5.75 Å². The second-order valence-electron chi connectivity index (χ2n) is 6.94. The van der Waals surface area contributed by atoms with Gasteiger partial charge in [0.1, 0.15) is 12.4 Å². The lowest BCUT2D eigenvalue weighted by molar-refractivity contribution is 0.103. The molecular formula is C19H29N3O3. The van der Waals surface area contributed by atoms with Crippen molar-refractivity contribution < 1.29 is 14.6 Å². The van der Waals surface area contributed by atoms with E-state index in [1.54, 1.807) is 0 Å². The Hall–Kier alpha value is -1.79. The van der Waals surface area contributed by atoms with E-state index in [4.69, 9.17) is 9.84 Å². The van der Waals surface area contributed by atoms with Gasteiger partial charge >= 0.3 is 6.09 Å². The topological polar surface area (TPSA) is 56.3 Å². The lowest BCUT2D eigenvalue weighted by Gasteiger charge is -2.33. The Bertz CT molecular complexity index is 553. The van der Waals surface area contributed by atoms with E-state index in [2.05, 4.69) is 21.9 Å². The fraction of sp³-hybridized carbons (Fsp3) is 0.632. The van der Waals surface area contributed by atoms with Crippen molar-refractivity contribution in [1.29, 1.82) is 0 Å². The van der Waals surface area contributed by atoms with Gasteiger partial charge in [-0.25, -0.2) is 4.79 Å². The van der Waals surface area contributed by atoms with Crippen LogP contribution in [0.15, 0.2) is 24.3 Å². The van der Waals surface area contributed by atoms with E-state index in [0.717, 1.165) is 38.5 Å². The lowest BCUT2D eigenvalue weighted by Crippen LogP contribution is -2.47. The van der Waals surface area contributed by atoms with Gasteiger partial charge in [-0.05, 0) is 43.6 Å². The Morgan fingerprint density at radius 2 is 1.76 bits per heavy atom. The van der Waals surface area contributed by atoms with Gasteiger partial charge in [0, 0.05) is 39.3 Å². The number of nitrogens with zero attached hydrogens (tertiary/aromatic N) is 3. The van der Waals surface area contributed by atoms with Crippen molar-refractivity contribution in [3.8, 4) is 5.75 Å². The first kappa shape index (κ1) is 18.0. The van der Waals surface area contributed by atoms with E-state index in [0.29, 0.717) is 13.1 Å². The highest BCUT2D eigenvalue weighted by molar-refractivity contribution is 5.65. The molecule has 0 radical (unpaired) electrons. The maximum absolute atomic E-state index is 11.0. The third-order valence-electron chi connectivity index (χ3n) is 5.07. The fourth-order valence-electron chi connectivity index (χ4n) is 3.56. The molecule has 2 heterocycles. The first-order chi connectivity index (χ1) is 12.2. The first-order valence-corrected chi connectivity index (χ1v) is 9.35. The number of likely N-dealkylation sites (tertiary alicyclic amines) is 1. The van der Waals surface area contributed by atoms with Crippen LogP contribution in [-0.2, 0) is 6.54 Å². The van der Waals surface area contributed by atoms with Crippen LogP contribution in [0.1, 0.15) is 24.8 Å². The minimum absolute atomic E-state index is 0.585.